The number of aryl methyl sites for hydroxylation is 1. The molecule has 0 spiro atoms. The first kappa shape index (κ1) is 20.7. The number of fused-ring (bicyclic) bond motifs is 2. The van der Waals surface area contributed by atoms with Crippen molar-refractivity contribution in [2.45, 2.75) is 44.6 Å². The molecule has 1 N–H and O–H groups in total. The van der Waals surface area contributed by atoms with Gasteiger partial charge in [0.25, 0.3) is 5.91 Å². The lowest BCUT2D eigenvalue weighted by Gasteiger charge is -2.24. The van der Waals surface area contributed by atoms with Crippen LogP contribution in [-0.4, -0.2) is 31.7 Å². The topological polar surface area (TPSA) is 72.7 Å². The van der Waals surface area contributed by atoms with Gasteiger partial charge in [-0.3, -0.25) is 4.79 Å². The Morgan fingerprint density at radius 2 is 1.85 bits per heavy atom. The highest BCUT2D eigenvalue weighted by Crippen LogP contribution is 2.29. The Labute approximate surface area is 196 Å². The van der Waals surface area contributed by atoms with E-state index < -0.39 is 0 Å². The Morgan fingerprint density at radius 1 is 1.03 bits per heavy atom. The lowest BCUT2D eigenvalue weighted by atomic mass is 9.92. The van der Waals surface area contributed by atoms with Gasteiger partial charge < -0.3 is 5.32 Å². The van der Waals surface area contributed by atoms with Crippen LogP contribution in [0.3, 0.4) is 0 Å². The summed E-state index contributed by atoms with van der Waals surface area (Å²) in [6.45, 7) is 0. The second-order valence-electron chi connectivity index (χ2n) is 8.96. The number of hydrogen-bond acceptors (Lipinski definition) is 4. The van der Waals surface area contributed by atoms with Gasteiger partial charge in [0.15, 0.2) is 11.5 Å². The molecule has 0 radical (unpaired) electrons. The fraction of sp³-hybridized carbons (Fsp3) is 0.259. The van der Waals surface area contributed by atoms with Crippen molar-refractivity contribution < 1.29 is 9.18 Å². The fourth-order valence-corrected chi connectivity index (χ4v) is 5.03. The van der Waals surface area contributed by atoms with Crippen LogP contribution in [-0.2, 0) is 25.7 Å². The smallest absolute Gasteiger partial charge is 0.272 e. The number of benzene rings is 2. The number of aromatic nitrogens is 4. The molecule has 0 fully saturated rings. The number of carbonyl (C=O) groups is 1. The SMILES string of the molecule is O=C(NC1CCc2nc(-c3ccccc3)ncc2C1)c1nn(-c2ccc(F)cc2)c2c1CCC2. The Balaban J connectivity index is 1.20. The van der Waals surface area contributed by atoms with E-state index in [1.54, 1.807) is 16.8 Å². The summed E-state index contributed by atoms with van der Waals surface area (Å²) >= 11 is 0. The first-order valence-corrected chi connectivity index (χ1v) is 11.7. The third-order valence-corrected chi connectivity index (χ3v) is 6.73. The molecule has 0 saturated carbocycles. The monoisotopic (exact) mass is 453 g/mol. The van der Waals surface area contributed by atoms with Crippen molar-refractivity contribution in [1.82, 2.24) is 25.1 Å². The minimum Gasteiger partial charge on any atom is -0.348 e. The molecule has 2 aromatic carbocycles. The molecule has 7 heteroatoms. The first-order chi connectivity index (χ1) is 16.7. The van der Waals surface area contributed by atoms with Crippen molar-refractivity contribution in [3.8, 4) is 17.1 Å². The van der Waals surface area contributed by atoms with E-state index in [1.807, 2.05) is 36.5 Å². The highest BCUT2D eigenvalue weighted by atomic mass is 19.1. The van der Waals surface area contributed by atoms with Crippen LogP contribution >= 0.6 is 0 Å². The van der Waals surface area contributed by atoms with E-state index >= 15 is 0 Å². The third kappa shape index (κ3) is 3.77. The van der Waals surface area contributed by atoms with E-state index in [4.69, 9.17) is 4.98 Å². The van der Waals surface area contributed by atoms with Crippen molar-refractivity contribution in [2.24, 2.45) is 0 Å². The van der Waals surface area contributed by atoms with Gasteiger partial charge in [-0.1, -0.05) is 30.3 Å². The number of carbonyl (C=O) groups excluding carboxylic acids is 1. The number of nitrogens with zero attached hydrogens (tertiary/aromatic N) is 4. The second kappa shape index (κ2) is 8.48. The number of halogens is 1. The lowest BCUT2D eigenvalue weighted by molar-refractivity contribution is 0.0927. The second-order valence-corrected chi connectivity index (χ2v) is 8.96. The first-order valence-electron chi connectivity index (χ1n) is 11.7. The molecule has 34 heavy (non-hydrogen) atoms. The van der Waals surface area contributed by atoms with Crippen molar-refractivity contribution in [2.75, 3.05) is 0 Å². The van der Waals surface area contributed by atoms with E-state index in [-0.39, 0.29) is 17.8 Å². The van der Waals surface area contributed by atoms with Gasteiger partial charge >= 0.3 is 0 Å². The van der Waals surface area contributed by atoms with Crippen molar-refractivity contribution >= 4 is 5.91 Å². The zero-order chi connectivity index (χ0) is 23.1. The highest BCUT2D eigenvalue weighted by Gasteiger charge is 2.29. The van der Waals surface area contributed by atoms with Crippen molar-refractivity contribution in [3.63, 3.8) is 0 Å². The van der Waals surface area contributed by atoms with Crippen molar-refractivity contribution in [1.29, 1.82) is 0 Å². The van der Waals surface area contributed by atoms with Crippen LogP contribution in [0.25, 0.3) is 17.1 Å². The molecule has 4 aromatic rings. The van der Waals surface area contributed by atoms with Gasteiger partial charge in [-0.25, -0.2) is 19.0 Å². The molecule has 1 atom stereocenters. The zero-order valence-corrected chi connectivity index (χ0v) is 18.7. The standard InChI is InChI=1S/C27H24FN5O/c28-19-9-12-21(13-10-19)33-24-8-4-7-22(24)25(32-33)27(34)30-20-11-14-23-18(15-20)16-29-26(31-23)17-5-2-1-3-6-17/h1-3,5-6,9-10,12-13,16,20H,4,7-8,11,14-15H2,(H,30,34). The van der Waals surface area contributed by atoms with Gasteiger partial charge in [0, 0.05) is 34.8 Å². The summed E-state index contributed by atoms with van der Waals surface area (Å²) in [7, 11) is 0. The Bertz CT molecular complexity index is 1360. The van der Waals surface area contributed by atoms with Crippen LogP contribution in [0.2, 0.25) is 0 Å². The Kier molecular flexibility index (Phi) is 5.17. The summed E-state index contributed by atoms with van der Waals surface area (Å²) in [6, 6.07) is 16.2. The summed E-state index contributed by atoms with van der Waals surface area (Å²) in [4.78, 5) is 22.6. The molecule has 6 nitrogen and oxygen atoms in total. The van der Waals surface area contributed by atoms with Gasteiger partial charge in [0.05, 0.1) is 5.69 Å². The van der Waals surface area contributed by atoms with E-state index in [9.17, 15) is 9.18 Å². The average molecular weight is 454 g/mol. The summed E-state index contributed by atoms with van der Waals surface area (Å²) in [6.07, 6.45) is 6.91. The van der Waals surface area contributed by atoms with Crippen LogP contribution in [0.5, 0.6) is 0 Å². The van der Waals surface area contributed by atoms with Crippen LogP contribution in [0.4, 0.5) is 4.39 Å². The highest BCUT2D eigenvalue weighted by molar-refractivity contribution is 5.94. The van der Waals surface area contributed by atoms with Crippen LogP contribution in [0.1, 0.15) is 45.8 Å². The minimum absolute atomic E-state index is 0.0131. The number of amides is 1. The summed E-state index contributed by atoms with van der Waals surface area (Å²) in [5.41, 5.74) is 6.46. The van der Waals surface area contributed by atoms with E-state index in [2.05, 4.69) is 15.4 Å². The van der Waals surface area contributed by atoms with Crippen LogP contribution < -0.4 is 5.32 Å². The van der Waals surface area contributed by atoms with Gasteiger partial charge in [-0.05, 0) is 68.4 Å². The van der Waals surface area contributed by atoms with Crippen molar-refractivity contribution in [3.05, 3.63) is 94.8 Å². The lowest BCUT2D eigenvalue weighted by Crippen LogP contribution is -2.39. The normalized spacial score (nSPS) is 16.7. The van der Waals surface area contributed by atoms with Crippen LogP contribution in [0, 0.1) is 5.82 Å². The molecule has 2 heterocycles. The molecule has 2 aliphatic carbocycles. The van der Waals surface area contributed by atoms with E-state index in [0.717, 1.165) is 71.7 Å². The number of hydrogen-bond donors (Lipinski definition) is 1. The summed E-state index contributed by atoms with van der Waals surface area (Å²) in [5, 5.41) is 7.84. The maximum Gasteiger partial charge on any atom is 0.272 e. The summed E-state index contributed by atoms with van der Waals surface area (Å²) in [5.74, 6) is 0.306. The predicted octanol–water partition coefficient (Wildman–Crippen LogP) is 4.24. The molecule has 0 saturated heterocycles. The Hall–Kier alpha value is -3.87. The molecule has 170 valence electrons. The van der Waals surface area contributed by atoms with Gasteiger partial charge in [0.1, 0.15) is 5.82 Å². The van der Waals surface area contributed by atoms with Gasteiger partial charge in [-0.15, -0.1) is 0 Å². The Morgan fingerprint density at radius 3 is 2.68 bits per heavy atom. The largest absolute Gasteiger partial charge is 0.348 e. The average Bonchev–Trinajstić information content (AvgIpc) is 3.48. The maximum absolute atomic E-state index is 13.4. The summed E-state index contributed by atoms with van der Waals surface area (Å²) < 4.78 is 15.2. The molecule has 1 unspecified atom stereocenters. The molecular weight excluding hydrogens is 429 g/mol. The fourth-order valence-electron chi connectivity index (χ4n) is 5.03. The molecule has 1 amide bonds. The van der Waals surface area contributed by atoms with Crippen LogP contribution in [0.15, 0.2) is 60.8 Å². The van der Waals surface area contributed by atoms with E-state index in [1.165, 1.54) is 12.1 Å². The van der Waals surface area contributed by atoms with Gasteiger partial charge in [0.2, 0.25) is 0 Å². The molecule has 2 aromatic heterocycles. The number of rotatable bonds is 4. The zero-order valence-electron chi connectivity index (χ0n) is 18.7. The molecular formula is C27H24FN5O. The third-order valence-electron chi connectivity index (χ3n) is 6.73. The molecule has 2 aliphatic rings. The quantitative estimate of drug-likeness (QED) is 0.502. The molecule has 6 rings (SSSR count). The van der Waals surface area contributed by atoms with E-state index in [0.29, 0.717) is 12.1 Å². The minimum atomic E-state index is -0.289. The molecule has 0 bridgehead atoms. The molecule has 0 aliphatic heterocycles. The predicted molar refractivity (Wildman–Crippen MR) is 126 cm³/mol. The van der Waals surface area contributed by atoms with Gasteiger partial charge in [-0.2, -0.15) is 5.10 Å². The maximum atomic E-state index is 13.4. The number of nitrogens with one attached hydrogen (secondary N) is 1.